The number of carbonyl (C=O) groups excluding carboxylic acids is 1. The molecule has 0 radical (unpaired) electrons. The van der Waals surface area contributed by atoms with E-state index in [9.17, 15) is 24.9 Å². The van der Waals surface area contributed by atoms with E-state index < -0.39 is 36.3 Å². The third kappa shape index (κ3) is 11.7. The van der Waals surface area contributed by atoms with Crippen molar-refractivity contribution in [1.82, 2.24) is 5.32 Å². The van der Waals surface area contributed by atoms with Gasteiger partial charge in [0.05, 0.1) is 0 Å². The number of aliphatic hydroxyl groups is 4. The molecule has 0 saturated carbocycles. The molecule has 0 aliphatic carbocycles. The molecule has 1 amide bonds. The summed E-state index contributed by atoms with van der Waals surface area (Å²) in [7, 11) is 1.50. The van der Waals surface area contributed by atoms with Crippen molar-refractivity contribution in [2.45, 2.75) is 31.3 Å². The van der Waals surface area contributed by atoms with Crippen LogP contribution in [0.3, 0.4) is 0 Å². The summed E-state index contributed by atoms with van der Waals surface area (Å²) >= 11 is 0. The van der Waals surface area contributed by atoms with Crippen LogP contribution in [0.5, 0.6) is 0 Å². The Morgan fingerprint density at radius 3 is 1.67 bits per heavy atom. The Bertz CT molecular complexity index is 840. The molecule has 9 nitrogen and oxygen atoms in total. The Morgan fingerprint density at radius 2 is 1.22 bits per heavy atom. The van der Waals surface area contributed by atoms with Gasteiger partial charge in [0, 0.05) is 42.6 Å². The fourth-order valence-electron chi connectivity index (χ4n) is 1.12. The lowest BCUT2D eigenvalue weighted by Crippen LogP contribution is -2.52. The maximum atomic E-state index is 11.4. The highest BCUT2D eigenvalue weighted by Crippen LogP contribution is 2.05. The zero-order chi connectivity index (χ0) is 21.2. The summed E-state index contributed by atoms with van der Waals surface area (Å²) in [5, 5.41) is 47.5. The molecule has 27 heavy (non-hydrogen) atoms. The molecule has 0 aliphatic rings. The van der Waals surface area contributed by atoms with Crippen molar-refractivity contribution < 1.29 is 48.0 Å². The second-order valence-corrected chi connectivity index (χ2v) is 4.07. The topological polar surface area (TPSA) is 173 Å². The fraction of sp³-hybridized carbons (Fsp3) is 0.333. The third-order valence-corrected chi connectivity index (χ3v) is 2.33. The molecule has 0 spiro atoms. The zero-order valence-corrected chi connectivity index (χ0v) is 14.4. The molecule has 0 bridgehead atoms. The molecular formula is C18H36N2O7. The van der Waals surface area contributed by atoms with Crippen LogP contribution in [0.15, 0.2) is 0 Å². The Labute approximate surface area is 169 Å². The van der Waals surface area contributed by atoms with E-state index in [1.807, 2.05) is 11.4 Å². The molecule has 0 heterocycles. The molecule has 0 aliphatic heterocycles. The second-order valence-electron chi connectivity index (χ2n) is 4.07. The van der Waals surface area contributed by atoms with Crippen molar-refractivity contribution in [3.63, 3.8) is 0 Å². The molecule has 0 aromatic heterocycles. The largest absolute Gasteiger partial charge is 0.479 e. The van der Waals surface area contributed by atoms with Gasteiger partial charge >= 0.3 is 5.97 Å². The van der Waals surface area contributed by atoms with E-state index in [0.717, 1.165) is 0 Å². The summed E-state index contributed by atoms with van der Waals surface area (Å²) in [6, 6.07) is 2.04. The molecule has 8 N–H and O–H groups in total. The van der Waals surface area contributed by atoms with Crippen LogP contribution >= 0.6 is 0 Å². The summed E-state index contributed by atoms with van der Waals surface area (Å²) in [6.07, 6.45) is -9.12. The highest BCUT2D eigenvalue weighted by atomic mass is 16.4. The number of hydrogen-bond donors (Lipinski definition) is 7. The second kappa shape index (κ2) is 16.0. The molecule has 0 aromatic rings. The van der Waals surface area contributed by atoms with E-state index in [4.69, 9.17) is 10.2 Å². The molecule has 9 heteroatoms. The highest BCUT2D eigenvalue weighted by Gasteiger charge is 2.37. The van der Waals surface area contributed by atoms with Crippen LogP contribution in [0.1, 0.15) is 19.8 Å². The van der Waals surface area contributed by atoms with E-state index in [1.165, 1.54) is 7.05 Å². The molecule has 0 fully saturated rings. The first-order valence-corrected chi connectivity index (χ1v) is 7.07. The van der Waals surface area contributed by atoms with Crippen LogP contribution in [0.4, 0.5) is 0 Å². The highest BCUT2D eigenvalue weighted by molar-refractivity contribution is 5.83. The van der Waals surface area contributed by atoms with Crippen molar-refractivity contribution in [3.8, 4) is 59.3 Å². The normalized spacial score (nSPS) is 12.1. The van der Waals surface area contributed by atoms with Gasteiger partial charge in [-0.3, -0.25) is 10.1 Å². The van der Waals surface area contributed by atoms with Gasteiger partial charge in [0.15, 0.2) is 12.2 Å². The molecule has 0 aromatic carbocycles. The number of carboxylic acids is 1. The van der Waals surface area contributed by atoms with E-state index in [0.29, 0.717) is 0 Å². The van der Waals surface area contributed by atoms with Gasteiger partial charge < -0.3 is 31.3 Å². The third-order valence-electron chi connectivity index (χ3n) is 2.33. The summed E-state index contributed by atoms with van der Waals surface area (Å²) in [5.74, 6) is 18.2. The first-order chi connectivity index (χ1) is 12.8. The number of hydrogen-bond acceptors (Lipinski definition) is 7. The van der Waals surface area contributed by atoms with Gasteiger partial charge in [-0.15, -0.1) is 0 Å². The van der Waals surface area contributed by atoms with Crippen LogP contribution in [-0.4, -0.2) is 68.9 Å². The van der Waals surface area contributed by atoms with Crippen LogP contribution in [0.25, 0.3) is 0 Å². The fourth-order valence-corrected chi connectivity index (χ4v) is 1.12. The number of aliphatic carboxylic acids is 1. The number of amides is 1. The quantitative estimate of drug-likeness (QED) is 0.217. The van der Waals surface area contributed by atoms with Gasteiger partial charge in [-0.2, -0.15) is 0 Å². The van der Waals surface area contributed by atoms with Gasteiger partial charge in [0.25, 0.3) is 5.91 Å². The van der Waals surface area contributed by atoms with E-state index in [-0.39, 0.29) is 12.8 Å². The average Bonchev–Trinajstić information content (AvgIpc) is 2.68. The van der Waals surface area contributed by atoms with Gasteiger partial charge in [-0.1, -0.05) is 5.92 Å². The Morgan fingerprint density at radius 1 is 0.815 bits per heavy atom. The van der Waals surface area contributed by atoms with Gasteiger partial charge in [0.2, 0.25) is 0 Å². The Hall–Kier alpha value is -3.46. The smallest absolute Gasteiger partial charge is 0.335 e. The molecule has 0 unspecified atom stereocenters. The zero-order valence-electron chi connectivity index (χ0n) is 14.4. The van der Waals surface area contributed by atoms with E-state index in [1.54, 1.807) is 6.92 Å². The maximum absolute atomic E-state index is 11.4. The lowest BCUT2D eigenvalue weighted by molar-refractivity contribution is -0.166. The Kier molecular flexibility index (Phi) is 15.3. The standard InChI is InChI=1S/C17H13NO7.CH5N.9H2/c1-2-3-4-5-6-7-8-9-10-11-18-16(23)14(21)12(19)13(20)15(22)17(24)25;1-2;;;;;;;;;/h12-15,19-22H,1H3,(H,18,23)(H,24,25);2H2,1H3;9*1H/t12-,13-,14+,15-;;;;;;;;;;/m1........../s1. The first kappa shape index (κ1) is 25.8. The minimum Gasteiger partial charge on any atom is -0.479 e. The van der Waals surface area contributed by atoms with Crippen LogP contribution in [0.2, 0.25) is 0 Å². The van der Waals surface area contributed by atoms with Gasteiger partial charge in [-0.05, 0) is 37.7 Å². The number of nitrogens with one attached hydrogen (secondary N) is 1. The molecule has 160 valence electrons. The number of carbonyl (C=O) groups is 2. The van der Waals surface area contributed by atoms with Gasteiger partial charge in [-0.25, -0.2) is 4.79 Å². The maximum Gasteiger partial charge on any atom is 0.335 e. The minimum absolute atomic E-state index is 0. The molecule has 0 saturated heterocycles. The van der Waals surface area contributed by atoms with Crippen molar-refractivity contribution in [1.29, 1.82) is 0 Å². The van der Waals surface area contributed by atoms with Crippen LogP contribution in [0, 0.1) is 59.3 Å². The van der Waals surface area contributed by atoms with Gasteiger partial charge in [0.1, 0.15) is 12.2 Å². The number of nitrogens with two attached hydrogens (primary N) is 1. The first-order valence-electron chi connectivity index (χ1n) is 7.07. The summed E-state index contributed by atoms with van der Waals surface area (Å²) in [6.45, 7) is 1.62. The predicted octanol–water partition coefficient (Wildman–Crippen LogP) is -1.59. The molecule has 4 atom stereocenters. The van der Waals surface area contributed by atoms with E-state index in [2.05, 4.69) is 59.0 Å². The SMILES string of the molecule is CC#CC#CC#CC#CC#CNC(=O)[C@@H](O)[C@H](O)[C@@H](O)[C@@H](O)C(=O)O.CN.[HH].[HH].[HH].[HH].[HH].[HH].[HH].[HH].[HH]. The number of rotatable bonds is 5. The molecular weight excluding hydrogens is 356 g/mol. The average molecular weight is 392 g/mol. The lowest BCUT2D eigenvalue weighted by Gasteiger charge is -2.23. The van der Waals surface area contributed by atoms with Crippen LogP contribution < -0.4 is 11.1 Å². The number of aliphatic hydroxyl groups excluding tert-OH is 4. The van der Waals surface area contributed by atoms with Crippen molar-refractivity contribution in [2.24, 2.45) is 5.73 Å². The van der Waals surface area contributed by atoms with Crippen molar-refractivity contribution in [2.75, 3.05) is 7.05 Å². The van der Waals surface area contributed by atoms with Crippen LogP contribution in [-0.2, 0) is 9.59 Å². The van der Waals surface area contributed by atoms with E-state index >= 15 is 0 Å². The van der Waals surface area contributed by atoms with Crippen molar-refractivity contribution >= 4 is 11.9 Å². The van der Waals surface area contributed by atoms with Crippen molar-refractivity contribution in [3.05, 3.63) is 0 Å². The summed E-state index contributed by atoms with van der Waals surface area (Å²) in [5.41, 5.74) is 4.50. The summed E-state index contributed by atoms with van der Waals surface area (Å²) < 4.78 is 0. The minimum atomic E-state index is -2.38. The monoisotopic (exact) mass is 392 g/mol. The lowest BCUT2D eigenvalue weighted by atomic mass is 10.0. The molecule has 0 rings (SSSR count). The Balaban J connectivity index is -0.0000000614. The predicted molar refractivity (Wildman–Crippen MR) is 113 cm³/mol. The summed E-state index contributed by atoms with van der Waals surface area (Å²) in [4.78, 5) is 21.9. The number of carboxylic acid groups (broad SMARTS) is 1.